The molecule has 0 N–H and O–H groups in total. The van der Waals surface area contributed by atoms with Crippen molar-refractivity contribution in [1.29, 1.82) is 0 Å². The third kappa shape index (κ3) is 9.08. The molecule has 0 heterocycles. The molecule has 0 amide bonds. The Hall–Kier alpha value is -0.920. The molecule has 0 aromatic heterocycles. The first kappa shape index (κ1) is 11.1. The predicted octanol–water partition coefficient (Wildman–Crippen LogP) is 2.71. The van der Waals surface area contributed by atoms with Gasteiger partial charge in [-0.2, -0.15) is 0 Å². The van der Waals surface area contributed by atoms with Gasteiger partial charge in [-0.15, -0.1) is 0 Å². The summed E-state index contributed by atoms with van der Waals surface area (Å²) in [5, 5.41) is 0. The second-order valence-electron chi connectivity index (χ2n) is 3.85. The van der Waals surface area contributed by atoms with E-state index in [-0.39, 0.29) is 0 Å². The summed E-state index contributed by atoms with van der Waals surface area (Å²) in [4.78, 5) is 7.97. The van der Waals surface area contributed by atoms with Gasteiger partial charge in [0, 0.05) is 25.2 Å². The van der Waals surface area contributed by atoms with Crippen molar-refractivity contribution in [2.24, 2.45) is 15.4 Å². The van der Waals surface area contributed by atoms with Crippen LogP contribution in [0.4, 0.5) is 0 Å². The Morgan fingerprint density at radius 1 is 1.25 bits per heavy atom. The topological polar surface area (TPSA) is 24.7 Å². The van der Waals surface area contributed by atoms with Gasteiger partial charge in [-0.3, -0.25) is 9.98 Å². The highest BCUT2D eigenvalue weighted by atomic mass is 14.7. The Morgan fingerprint density at radius 3 is 2.42 bits per heavy atom. The zero-order valence-corrected chi connectivity index (χ0v) is 8.25. The summed E-state index contributed by atoms with van der Waals surface area (Å²) in [6.07, 6.45) is 5.96. The third-order valence-corrected chi connectivity index (χ3v) is 1.35. The summed E-state index contributed by atoms with van der Waals surface area (Å²) < 4.78 is 0. The molecule has 0 aliphatic rings. The zero-order chi connectivity index (χ0) is 9.45. The highest BCUT2D eigenvalue weighted by Gasteiger charge is 2.07. The van der Waals surface area contributed by atoms with E-state index in [1.807, 2.05) is 0 Å². The van der Waals surface area contributed by atoms with Gasteiger partial charge in [-0.1, -0.05) is 27.4 Å². The second-order valence-corrected chi connectivity index (χ2v) is 3.85. The molecule has 0 radical (unpaired) electrons. The van der Waals surface area contributed by atoms with Crippen LogP contribution in [0, 0.1) is 5.41 Å². The minimum atomic E-state index is 0.368. The van der Waals surface area contributed by atoms with Crippen LogP contribution in [0.3, 0.4) is 0 Å². The van der Waals surface area contributed by atoms with Gasteiger partial charge in [0.05, 0.1) is 0 Å². The van der Waals surface area contributed by atoms with E-state index in [9.17, 15) is 0 Å². The molecule has 0 aliphatic carbocycles. The Balaban J connectivity index is 3.49. The molecular weight excluding hydrogens is 148 g/mol. The molecule has 0 saturated carbocycles. The van der Waals surface area contributed by atoms with Crippen LogP contribution < -0.4 is 0 Å². The van der Waals surface area contributed by atoms with Crippen molar-refractivity contribution < 1.29 is 0 Å². The number of nitrogens with zero attached hydrogens (tertiary/aromatic N) is 2. The zero-order valence-electron chi connectivity index (χ0n) is 8.25. The first-order valence-corrected chi connectivity index (χ1v) is 4.19. The minimum absolute atomic E-state index is 0.368. The van der Waals surface area contributed by atoms with Crippen LogP contribution in [0.2, 0.25) is 0 Å². The van der Waals surface area contributed by atoms with E-state index in [4.69, 9.17) is 0 Å². The first-order valence-electron chi connectivity index (χ1n) is 4.19. The van der Waals surface area contributed by atoms with Gasteiger partial charge >= 0.3 is 0 Å². The molecule has 68 valence electrons. The average molecular weight is 166 g/mol. The lowest BCUT2D eigenvalue weighted by molar-refractivity contribution is 0.385. The third-order valence-electron chi connectivity index (χ3n) is 1.35. The van der Waals surface area contributed by atoms with E-state index < -0.39 is 0 Å². The fourth-order valence-corrected chi connectivity index (χ4v) is 0.621. The number of aliphatic imine (C=N–C) groups is 2. The maximum Gasteiger partial charge on any atom is 0.0446 e. The van der Waals surface area contributed by atoms with Crippen LogP contribution in [0.15, 0.2) is 22.8 Å². The Bertz CT molecular complexity index is 173. The maximum absolute atomic E-state index is 4.17. The van der Waals surface area contributed by atoms with Crippen molar-refractivity contribution in [1.82, 2.24) is 0 Å². The highest BCUT2D eigenvalue weighted by molar-refractivity contribution is 6.16. The number of hydrogen-bond acceptors (Lipinski definition) is 2. The number of rotatable bonds is 4. The molecule has 0 saturated heterocycles. The van der Waals surface area contributed by atoms with Crippen molar-refractivity contribution >= 4 is 12.4 Å². The van der Waals surface area contributed by atoms with Crippen molar-refractivity contribution in [2.45, 2.75) is 27.2 Å². The molecule has 0 unspecified atom stereocenters. The molecule has 2 heteroatoms. The van der Waals surface area contributed by atoms with E-state index in [2.05, 4.69) is 37.3 Å². The summed E-state index contributed by atoms with van der Waals surface area (Å²) in [6.45, 7) is 11.0. The highest BCUT2D eigenvalue weighted by Crippen LogP contribution is 2.17. The standard InChI is InChI=1S/C10H18N2/c1-5-11-8-9-12-7-6-10(2,3)4/h5,8-9H,1,6-7H2,2-4H3/b11-8-,12-9-. The van der Waals surface area contributed by atoms with Crippen LogP contribution in [0.25, 0.3) is 0 Å². The molecule has 0 aliphatic heterocycles. The normalized spacial score (nSPS) is 12.9. The van der Waals surface area contributed by atoms with E-state index in [1.54, 1.807) is 12.4 Å². The Morgan fingerprint density at radius 2 is 1.92 bits per heavy atom. The quantitative estimate of drug-likeness (QED) is 0.574. The maximum atomic E-state index is 4.17. The Labute approximate surface area is 75.1 Å². The van der Waals surface area contributed by atoms with Crippen LogP contribution in [0.5, 0.6) is 0 Å². The summed E-state index contributed by atoms with van der Waals surface area (Å²) in [5.74, 6) is 0. The van der Waals surface area contributed by atoms with Gasteiger partial charge in [0.25, 0.3) is 0 Å². The van der Waals surface area contributed by atoms with Crippen molar-refractivity contribution in [3.8, 4) is 0 Å². The molecule has 0 bridgehead atoms. The molecule has 0 rings (SSSR count). The van der Waals surface area contributed by atoms with Crippen molar-refractivity contribution in [3.63, 3.8) is 0 Å². The lowest BCUT2D eigenvalue weighted by Gasteiger charge is -2.15. The van der Waals surface area contributed by atoms with Crippen LogP contribution in [-0.4, -0.2) is 19.0 Å². The first-order chi connectivity index (χ1) is 5.56. The lowest BCUT2D eigenvalue weighted by atomic mass is 9.93. The summed E-state index contributed by atoms with van der Waals surface area (Å²) >= 11 is 0. The number of hydrogen-bond donors (Lipinski definition) is 0. The van der Waals surface area contributed by atoms with Crippen LogP contribution in [0.1, 0.15) is 27.2 Å². The van der Waals surface area contributed by atoms with E-state index >= 15 is 0 Å². The van der Waals surface area contributed by atoms with E-state index in [0.717, 1.165) is 13.0 Å². The molecule has 0 aromatic carbocycles. The largest absolute Gasteiger partial charge is 0.292 e. The molecular formula is C10H18N2. The van der Waals surface area contributed by atoms with Gasteiger partial charge in [0.2, 0.25) is 0 Å². The predicted molar refractivity (Wildman–Crippen MR) is 56.1 cm³/mol. The molecule has 0 atom stereocenters. The average Bonchev–Trinajstić information content (AvgIpc) is 1.94. The van der Waals surface area contributed by atoms with Crippen LogP contribution >= 0.6 is 0 Å². The van der Waals surface area contributed by atoms with Gasteiger partial charge < -0.3 is 0 Å². The minimum Gasteiger partial charge on any atom is -0.292 e. The molecule has 0 fully saturated rings. The summed E-state index contributed by atoms with van der Waals surface area (Å²) in [7, 11) is 0. The fourth-order valence-electron chi connectivity index (χ4n) is 0.621. The molecule has 2 nitrogen and oxygen atoms in total. The van der Waals surface area contributed by atoms with E-state index in [0.29, 0.717) is 5.41 Å². The van der Waals surface area contributed by atoms with Gasteiger partial charge in [0.1, 0.15) is 0 Å². The monoisotopic (exact) mass is 166 g/mol. The van der Waals surface area contributed by atoms with Gasteiger partial charge in [-0.25, -0.2) is 0 Å². The molecule has 0 spiro atoms. The summed E-state index contributed by atoms with van der Waals surface area (Å²) in [5.41, 5.74) is 0.368. The van der Waals surface area contributed by atoms with Gasteiger partial charge in [-0.05, 0) is 11.8 Å². The Kier molecular flexibility index (Phi) is 5.26. The summed E-state index contributed by atoms with van der Waals surface area (Å²) in [6, 6.07) is 0. The van der Waals surface area contributed by atoms with Crippen molar-refractivity contribution in [3.05, 3.63) is 12.8 Å². The smallest absolute Gasteiger partial charge is 0.0446 e. The molecule has 12 heavy (non-hydrogen) atoms. The SMILES string of the molecule is C=C/N=C\C=N/CCC(C)(C)C. The van der Waals surface area contributed by atoms with Crippen LogP contribution in [-0.2, 0) is 0 Å². The van der Waals surface area contributed by atoms with E-state index in [1.165, 1.54) is 6.20 Å². The van der Waals surface area contributed by atoms with Crippen molar-refractivity contribution in [2.75, 3.05) is 6.54 Å². The van der Waals surface area contributed by atoms with Gasteiger partial charge in [0.15, 0.2) is 0 Å². The fraction of sp³-hybridized carbons (Fsp3) is 0.600. The molecule has 0 aromatic rings. The second kappa shape index (κ2) is 5.70. The lowest BCUT2D eigenvalue weighted by Crippen LogP contribution is -2.06.